The first-order chi connectivity index (χ1) is 8.50. The van der Waals surface area contributed by atoms with Crippen molar-refractivity contribution in [2.75, 3.05) is 0 Å². The molecule has 0 aromatic carbocycles. The molecule has 2 rings (SSSR count). The number of carbonyl (C=O) groups is 1. The Hall–Kier alpha value is -2.18. The van der Waals surface area contributed by atoms with Crippen LogP contribution in [0.15, 0.2) is 12.5 Å². The summed E-state index contributed by atoms with van der Waals surface area (Å²) in [5, 5.41) is 16.4. The summed E-state index contributed by atoms with van der Waals surface area (Å²) in [5.74, 6) is -1.06. The van der Waals surface area contributed by atoms with Crippen molar-refractivity contribution in [3.05, 3.63) is 29.6 Å². The first kappa shape index (κ1) is 12.3. The van der Waals surface area contributed by atoms with E-state index >= 15 is 0 Å². The summed E-state index contributed by atoms with van der Waals surface area (Å²) >= 11 is 0. The van der Waals surface area contributed by atoms with Gasteiger partial charge >= 0.3 is 5.97 Å². The quantitative estimate of drug-likeness (QED) is 0.877. The van der Waals surface area contributed by atoms with Gasteiger partial charge in [0.2, 0.25) is 0 Å². The van der Waals surface area contributed by atoms with E-state index < -0.39 is 5.97 Å². The molecule has 0 saturated heterocycles. The van der Waals surface area contributed by atoms with E-state index in [1.54, 1.807) is 24.1 Å². The maximum Gasteiger partial charge on any atom is 0.358 e. The summed E-state index contributed by atoms with van der Waals surface area (Å²) in [6, 6.07) is 0.297. The van der Waals surface area contributed by atoms with Gasteiger partial charge in [-0.2, -0.15) is 0 Å². The molecule has 2 heterocycles. The van der Waals surface area contributed by atoms with Gasteiger partial charge in [-0.1, -0.05) is 5.21 Å². The lowest BCUT2D eigenvalue weighted by Gasteiger charge is -2.11. The van der Waals surface area contributed by atoms with Crippen molar-refractivity contribution in [1.29, 1.82) is 0 Å². The largest absolute Gasteiger partial charge is 0.476 e. The third-order valence-electron chi connectivity index (χ3n) is 2.80. The highest BCUT2D eigenvalue weighted by Gasteiger charge is 2.16. The Balaban J connectivity index is 2.29. The molecule has 0 saturated carbocycles. The van der Waals surface area contributed by atoms with Crippen LogP contribution in [0.2, 0.25) is 0 Å². The molecule has 0 radical (unpaired) electrons. The van der Waals surface area contributed by atoms with Crippen LogP contribution in [-0.2, 0) is 6.54 Å². The van der Waals surface area contributed by atoms with Gasteiger partial charge in [-0.3, -0.25) is 0 Å². The van der Waals surface area contributed by atoms with Crippen molar-refractivity contribution in [1.82, 2.24) is 24.5 Å². The molecule has 0 aliphatic heterocycles. The van der Waals surface area contributed by atoms with Crippen LogP contribution in [0, 0.1) is 6.92 Å². The molecule has 1 N–H and O–H groups in total. The smallest absolute Gasteiger partial charge is 0.358 e. The van der Waals surface area contributed by atoms with Gasteiger partial charge < -0.3 is 9.67 Å². The van der Waals surface area contributed by atoms with Crippen molar-refractivity contribution in [3.8, 4) is 0 Å². The van der Waals surface area contributed by atoms with Gasteiger partial charge in [0.05, 0.1) is 30.5 Å². The predicted octanol–water partition coefficient (Wildman–Crippen LogP) is 1.11. The summed E-state index contributed by atoms with van der Waals surface area (Å²) in [5.41, 5.74) is 1.50. The lowest BCUT2D eigenvalue weighted by atomic mass is 10.3. The summed E-state index contributed by atoms with van der Waals surface area (Å²) < 4.78 is 3.58. The molecule has 0 fully saturated rings. The molecule has 0 amide bonds. The second-order valence-electron chi connectivity index (χ2n) is 4.37. The Morgan fingerprint density at radius 3 is 2.78 bits per heavy atom. The number of imidazole rings is 1. The van der Waals surface area contributed by atoms with Gasteiger partial charge in [0.15, 0.2) is 5.69 Å². The minimum atomic E-state index is -1.06. The zero-order valence-corrected chi connectivity index (χ0v) is 10.5. The maximum atomic E-state index is 10.9. The van der Waals surface area contributed by atoms with Gasteiger partial charge in [-0.25, -0.2) is 14.5 Å². The number of hydrogen-bond donors (Lipinski definition) is 1. The zero-order chi connectivity index (χ0) is 13.3. The van der Waals surface area contributed by atoms with E-state index in [-0.39, 0.29) is 5.69 Å². The molecule has 96 valence electrons. The van der Waals surface area contributed by atoms with Crippen molar-refractivity contribution < 1.29 is 9.90 Å². The molecule has 0 aliphatic rings. The van der Waals surface area contributed by atoms with Crippen LogP contribution in [0.25, 0.3) is 0 Å². The standard InChI is InChI=1S/C11H15N5O2/c1-7(2)15-6-12-4-9(15)5-16-8(3)10(11(17)18)13-14-16/h4,6-7H,5H2,1-3H3,(H,17,18). The van der Waals surface area contributed by atoms with E-state index in [1.165, 1.54) is 0 Å². The molecule has 0 unspecified atom stereocenters. The van der Waals surface area contributed by atoms with E-state index in [4.69, 9.17) is 5.11 Å². The van der Waals surface area contributed by atoms with Gasteiger partial charge in [-0.05, 0) is 20.8 Å². The van der Waals surface area contributed by atoms with Crippen LogP contribution >= 0.6 is 0 Å². The fraction of sp³-hybridized carbons (Fsp3) is 0.455. The van der Waals surface area contributed by atoms with Crippen LogP contribution in [0.3, 0.4) is 0 Å². The Labute approximate surface area is 104 Å². The monoisotopic (exact) mass is 249 g/mol. The van der Waals surface area contributed by atoms with Crippen LogP contribution in [-0.4, -0.2) is 35.6 Å². The molecular formula is C11H15N5O2. The maximum absolute atomic E-state index is 10.9. The number of carboxylic acids is 1. The minimum Gasteiger partial charge on any atom is -0.476 e. The lowest BCUT2D eigenvalue weighted by molar-refractivity contribution is 0.0689. The zero-order valence-electron chi connectivity index (χ0n) is 10.5. The number of aromatic carboxylic acids is 1. The van der Waals surface area contributed by atoms with Gasteiger partial charge in [0.25, 0.3) is 0 Å². The summed E-state index contributed by atoms with van der Waals surface area (Å²) in [6.07, 6.45) is 3.51. The van der Waals surface area contributed by atoms with Gasteiger partial charge in [-0.15, -0.1) is 5.10 Å². The fourth-order valence-electron chi connectivity index (χ4n) is 1.78. The minimum absolute atomic E-state index is 0.00869. The third-order valence-corrected chi connectivity index (χ3v) is 2.80. The molecule has 0 bridgehead atoms. The molecule has 2 aromatic heterocycles. The van der Waals surface area contributed by atoms with Crippen molar-refractivity contribution in [3.63, 3.8) is 0 Å². The van der Waals surface area contributed by atoms with E-state index in [2.05, 4.69) is 29.1 Å². The van der Waals surface area contributed by atoms with Crippen LogP contribution in [0.1, 0.15) is 41.8 Å². The summed E-state index contributed by atoms with van der Waals surface area (Å²) in [4.78, 5) is 15.0. The summed E-state index contributed by atoms with van der Waals surface area (Å²) in [6.45, 7) is 6.27. The molecule has 0 atom stereocenters. The number of aromatic nitrogens is 5. The van der Waals surface area contributed by atoms with Crippen LogP contribution in [0.5, 0.6) is 0 Å². The highest BCUT2D eigenvalue weighted by atomic mass is 16.4. The van der Waals surface area contributed by atoms with Crippen molar-refractivity contribution in [2.45, 2.75) is 33.4 Å². The normalized spacial score (nSPS) is 11.1. The van der Waals surface area contributed by atoms with E-state index in [9.17, 15) is 4.79 Å². The second kappa shape index (κ2) is 4.59. The molecule has 0 aliphatic carbocycles. The second-order valence-corrected chi connectivity index (χ2v) is 4.37. The molecular weight excluding hydrogens is 234 g/mol. The van der Waals surface area contributed by atoms with E-state index in [0.717, 1.165) is 5.69 Å². The molecule has 0 spiro atoms. The molecule has 2 aromatic rings. The van der Waals surface area contributed by atoms with Crippen molar-refractivity contribution >= 4 is 5.97 Å². The topological polar surface area (TPSA) is 85.8 Å². The van der Waals surface area contributed by atoms with E-state index in [0.29, 0.717) is 18.3 Å². The average Bonchev–Trinajstić information content (AvgIpc) is 2.87. The molecule has 7 heteroatoms. The highest BCUT2D eigenvalue weighted by molar-refractivity contribution is 5.86. The first-order valence-corrected chi connectivity index (χ1v) is 5.64. The van der Waals surface area contributed by atoms with E-state index in [1.807, 2.05) is 4.57 Å². The lowest BCUT2D eigenvalue weighted by Crippen LogP contribution is -2.11. The third kappa shape index (κ3) is 2.11. The van der Waals surface area contributed by atoms with Crippen molar-refractivity contribution in [2.24, 2.45) is 0 Å². The molecule has 18 heavy (non-hydrogen) atoms. The van der Waals surface area contributed by atoms with Gasteiger partial charge in [0, 0.05) is 6.04 Å². The molecule has 7 nitrogen and oxygen atoms in total. The number of nitrogens with zero attached hydrogens (tertiary/aromatic N) is 5. The van der Waals surface area contributed by atoms with Crippen LogP contribution < -0.4 is 0 Å². The number of carboxylic acid groups (broad SMARTS) is 1. The number of rotatable bonds is 4. The SMILES string of the molecule is Cc1c(C(=O)O)nnn1Cc1cncn1C(C)C. The fourth-order valence-corrected chi connectivity index (χ4v) is 1.78. The summed E-state index contributed by atoms with van der Waals surface area (Å²) in [7, 11) is 0. The predicted molar refractivity (Wildman–Crippen MR) is 63.4 cm³/mol. The Kier molecular flexibility index (Phi) is 3.14. The van der Waals surface area contributed by atoms with Gasteiger partial charge in [0.1, 0.15) is 0 Å². The Bertz CT molecular complexity index is 570. The Morgan fingerprint density at radius 2 is 2.22 bits per heavy atom. The average molecular weight is 249 g/mol. The Morgan fingerprint density at radius 1 is 1.50 bits per heavy atom. The highest BCUT2D eigenvalue weighted by Crippen LogP contribution is 2.12. The number of hydrogen-bond acceptors (Lipinski definition) is 4. The first-order valence-electron chi connectivity index (χ1n) is 5.64. The van der Waals surface area contributed by atoms with Crippen LogP contribution in [0.4, 0.5) is 0 Å².